The zero-order valence-corrected chi connectivity index (χ0v) is 15.9. The van der Waals surface area contributed by atoms with Gasteiger partial charge in [-0.05, 0) is 24.7 Å². The summed E-state index contributed by atoms with van der Waals surface area (Å²) in [6.07, 6.45) is 14.1. The number of hydrogen-bond donors (Lipinski definition) is 2. The first kappa shape index (κ1) is 22.4. The number of rotatable bonds is 16. The summed E-state index contributed by atoms with van der Waals surface area (Å²) >= 11 is 0. The van der Waals surface area contributed by atoms with Crippen molar-refractivity contribution < 1.29 is 9.90 Å². The molecule has 0 aliphatic heterocycles. The number of carbonyl (C=O) groups excluding carboxylic acids is 1. The summed E-state index contributed by atoms with van der Waals surface area (Å²) in [4.78, 5) is 11.7. The number of amides is 1. The van der Waals surface area contributed by atoms with Crippen molar-refractivity contribution >= 4 is 5.91 Å². The van der Waals surface area contributed by atoms with E-state index in [0.29, 0.717) is 0 Å². The molecule has 0 saturated heterocycles. The normalized spacial score (nSPS) is 14.1. The Labute approximate surface area is 144 Å². The Kier molecular flexibility index (Phi) is 14.6. The number of aliphatic hydroxyl groups excluding tert-OH is 1. The standard InChI is InChI=1S/C20H41NO2/c1-4-5-14-18(16-22)19(20(21)23)15-12-10-8-6-7-9-11-13-17(2)3/h17-19,22H,4-16H2,1-3H3,(H2,21,23). The van der Waals surface area contributed by atoms with Gasteiger partial charge in [-0.25, -0.2) is 0 Å². The van der Waals surface area contributed by atoms with E-state index in [1.54, 1.807) is 0 Å². The first-order valence-electron chi connectivity index (χ1n) is 9.93. The smallest absolute Gasteiger partial charge is 0.220 e. The molecule has 0 aliphatic carbocycles. The van der Waals surface area contributed by atoms with Crippen molar-refractivity contribution in [1.82, 2.24) is 0 Å². The first-order valence-corrected chi connectivity index (χ1v) is 9.93. The van der Waals surface area contributed by atoms with Gasteiger partial charge in [0.1, 0.15) is 0 Å². The van der Waals surface area contributed by atoms with Crippen LogP contribution in [0.5, 0.6) is 0 Å². The zero-order chi connectivity index (χ0) is 17.5. The molecule has 23 heavy (non-hydrogen) atoms. The molecule has 0 aromatic heterocycles. The topological polar surface area (TPSA) is 63.3 Å². The molecule has 3 heteroatoms. The quantitative estimate of drug-likeness (QED) is 0.389. The molecule has 0 rings (SSSR count). The van der Waals surface area contributed by atoms with Crippen molar-refractivity contribution in [2.45, 2.75) is 97.8 Å². The lowest BCUT2D eigenvalue weighted by molar-refractivity contribution is -0.124. The van der Waals surface area contributed by atoms with Crippen LogP contribution in [0.4, 0.5) is 0 Å². The fourth-order valence-corrected chi connectivity index (χ4v) is 3.30. The predicted molar refractivity (Wildman–Crippen MR) is 99.2 cm³/mol. The molecule has 3 N–H and O–H groups in total. The highest BCUT2D eigenvalue weighted by Gasteiger charge is 2.24. The summed E-state index contributed by atoms with van der Waals surface area (Å²) in [7, 11) is 0. The minimum absolute atomic E-state index is 0.0588. The lowest BCUT2D eigenvalue weighted by Crippen LogP contribution is -2.32. The van der Waals surface area contributed by atoms with Crippen LogP contribution in [-0.2, 0) is 4.79 Å². The minimum atomic E-state index is -0.228. The van der Waals surface area contributed by atoms with Crippen molar-refractivity contribution in [3.8, 4) is 0 Å². The molecule has 0 aliphatic rings. The van der Waals surface area contributed by atoms with E-state index in [0.717, 1.165) is 38.0 Å². The van der Waals surface area contributed by atoms with E-state index in [-0.39, 0.29) is 24.3 Å². The molecule has 0 radical (unpaired) electrons. The first-order chi connectivity index (χ1) is 11.0. The van der Waals surface area contributed by atoms with Crippen molar-refractivity contribution in [2.75, 3.05) is 6.61 Å². The monoisotopic (exact) mass is 327 g/mol. The molecule has 0 aromatic carbocycles. The molecule has 3 nitrogen and oxygen atoms in total. The highest BCUT2D eigenvalue weighted by molar-refractivity contribution is 5.76. The van der Waals surface area contributed by atoms with Crippen LogP contribution in [0.2, 0.25) is 0 Å². The van der Waals surface area contributed by atoms with Gasteiger partial charge in [0, 0.05) is 12.5 Å². The molecule has 0 aromatic rings. The van der Waals surface area contributed by atoms with Crippen LogP contribution >= 0.6 is 0 Å². The van der Waals surface area contributed by atoms with Gasteiger partial charge in [-0.15, -0.1) is 0 Å². The van der Waals surface area contributed by atoms with Gasteiger partial charge in [0.25, 0.3) is 0 Å². The van der Waals surface area contributed by atoms with Gasteiger partial charge in [-0.3, -0.25) is 4.79 Å². The highest BCUT2D eigenvalue weighted by Crippen LogP contribution is 2.24. The van der Waals surface area contributed by atoms with Crippen LogP contribution < -0.4 is 5.73 Å². The number of hydrogen-bond acceptors (Lipinski definition) is 2. The second kappa shape index (κ2) is 15.0. The Balaban J connectivity index is 3.77. The summed E-state index contributed by atoms with van der Waals surface area (Å²) < 4.78 is 0. The van der Waals surface area contributed by atoms with Crippen molar-refractivity contribution in [2.24, 2.45) is 23.5 Å². The van der Waals surface area contributed by atoms with Crippen molar-refractivity contribution in [1.29, 1.82) is 0 Å². The Morgan fingerprint density at radius 3 is 1.83 bits per heavy atom. The summed E-state index contributed by atoms with van der Waals surface area (Å²) in [5.41, 5.74) is 5.55. The molecule has 0 bridgehead atoms. The van der Waals surface area contributed by atoms with Gasteiger partial charge in [-0.2, -0.15) is 0 Å². The van der Waals surface area contributed by atoms with E-state index in [1.165, 1.54) is 44.9 Å². The molecule has 2 atom stereocenters. The van der Waals surface area contributed by atoms with Crippen LogP contribution in [-0.4, -0.2) is 17.6 Å². The lowest BCUT2D eigenvalue weighted by atomic mass is 9.84. The molecule has 1 amide bonds. The minimum Gasteiger partial charge on any atom is -0.396 e. The second-order valence-electron chi connectivity index (χ2n) is 7.54. The second-order valence-corrected chi connectivity index (χ2v) is 7.54. The van der Waals surface area contributed by atoms with Gasteiger partial charge >= 0.3 is 0 Å². The number of nitrogens with two attached hydrogens (primary N) is 1. The van der Waals surface area contributed by atoms with Crippen molar-refractivity contribution in [3.63, 3.8) is 0 Å². The fraction of sp³-hybridized carbons (Fsp3) is 0.950. The highest BCUT2D eigenvalue weighted by atomic mass is 16.3. The average molecular weight is 328 g/mol. The molecule has 0 saturated carbocycles. The van der Waals surface area contributed by atoms with Gasteiger partial charge in [0.05, 0.1) is 0 Å². The molecule has 2 unspecified atom stereocenters. The summed E-state index contributed by atoms with van der Waals surface area (Å²) in [5.74, 6) is 0.517. The van der Waals surface area contributed by atoms with E-state index in [4.69, 9.17) is 5.73 Å². The maximum atomic E-state index is 11.7. The van der Waals surface area contributed by atoms with Crippen LogP contribution in [0.3, 0.4) is 0 Å². The van der Waals surface area contributed by atoms with Crippen LogP contribution in [0.25, 0.3) is 0 Å². The summed E-state index contributed by atoms with van der Waals surface area (Å²) in [5, 5.41) is 9.53. The van der Waals surface area contributed by atoms with E-state index in [2.05, 4.69) is 20.8 Å². The third-order valence-electron chi connectivity index (χ3n) is 4.89. The Morgan fingerprint density at radius 2 is 1.39 bits per heavy atom. The maximum absolute atomic E-state index is 11.7. The molecule has 0 spiro atoms. The predicted octanol–water partition coefficient (Wildman–Crippen LogP) is 5.05. The Morgan fingerprint density at radius 1 is 0.870 bits per heavy atom. The molecule has 0 fully saturated rings. The fourth-order valence-electron chi connectivity index (χ4n) is 3.30. The lowest BCUT2D eigenvalue weighted by Gasteiger charge is -2.22. The number of primary amides is 1. The third kappa shape index (κ3) is 12.5. The third-order valence-corrected chi connectivity index (χ3v) is 4.89. The summed E-state index contributed by atoms with van der Waals surface area (Å²) in [6.45, 7) is 6.79. The average Bonchev–Trinajstić information content (AvgIpc) is 2.51. The SMILES string of the molecule is CCCCC(CO)C(CCCCCCCCCC(C)C)C(N)=O. The molecular weight excluding hydrogens is 286 g/mol. The van der Waals surface area contributed by atoms with Crippen molar-refractivity contribution in [3.05, 3.63) is 0 Å². The molecule has 138 valence electrons. The zero-order valence-electron chi connectivity index (χ0n) is 15.9. The largest absolute Gasteiger partial charge is 0.396 e. The summed E-state index contributed by atoms with van der Waals surface area (Å²) in [6, 6.07) is 0. The Bertz CT molecular complexity index is 279. The van der Waals surface area contributed by atoms with E-state index < -0.39 is 0 Å². The van der Waals surface area contributed by atoms with E-state index >= 15 is 0 Å². The van der Waals surface area contributed by atoms with Gasteiger partial charge in [-0.1, -0.05) is 85.0 Å². The molecule has 0 heterocycles. The van der Waals surface area contributed by atoms with Crippen LogP contribution in [0.15, 0.2) is 0 Å². The number of unbranched alkanes of at least 4 members (excludes halogenated alkanes) is 7. The van der Waals surface area contributed by atoms with Gasteiger partial charge in [0.15, 0.2) is 0 Å². The van der Waals surface area contributed by atoms with Gasteiger partial charge in [0.2, 0.25) is 5.91 Å². The van der Waals surface area contributed by atoms with E-state index in [1.807, 2.05) is 0 Å². The molecular formula is C20H41NO2. The Hall–Kier alpha value is -0.570. The maximum Gasteiger partial charge on any atom is 0.220 e. The number of carbonyl (C=O) groups is 1. The van der Waals surface area contributed by atoms with Gasteiger partial charge < -0.3 is 10.8 Å². The number of aliphatic hydroxyl groups is 1. The van der Waals surface area contributed by atoms with Crippen LogP contribution in [0.1, 0.15) is 97.8 Å². The van der Waals surface area contributed by atoms with E-state index in [9.17, 15) is 9.90 Å². The van der Waals surface area contributed by atoms with Crippen LogP contribution in [0, 0.1) is 17.8 Å².